The zero-order valence-electron chi connectivity index (χ0n) is 12.4. The second-order valence-electron chi connectivity index (χ2n) is 5.43. The third-order valence-electron chi connectivity index (χ3n) is 3.95. The molecule has 120 valence electrons. The van der Waals surface area contributed by atoms with E-state index in [9.17, 15) is 9.18 Å². The van der Waals surface area contributed by atoms with E-state index in [4.69, 9.17) is 0 Å². The number of hydrogen-bond donors (Lipinski definition) is 0. The van der Waals surface area contributed by atoms with Crippen LogP contribution >= 0.6 is 15.9 Å². The predicted octanol–water partition coefficient (Wildman–Crippen LogP) is 3.06. The van der Waals surface area contributed by atoms with E-state index in [1.165, 1.54) is 24.5 Å². The van der Waals surface area contributed by atoms with Gasteiger partial charge in [0.25, 0.3) is 0 Å². The number of likely N-dealkylation sites (tertiary alicyclic amines) is 1. The zero-order chi connectivity index (χ0) is 16.2. The quantitative estimate of drug-likeness (QED) is 0.771. The minimum Gasteiger partial charge on any atom is -0.339 e. The number of hydrogen-bond acceptors (Lipinski definition) is 3. The van der Waals surface area contributed by atoms with Crippen molar-refractivity contribution < 1.29 is 9.18 Å². The molecule has 3 rings (SSSR count). The molecule has 2 aromatic rings. The molecule has 0 bridgehead atoms. The van der Waals surface area contributed by atoms with Crippen LogP contribution in [0.2, 0.25) is 0 Å². The lowest BCUT2D eigenvalue weighted by Gasteiger charge is -2.31. The summed E-state index contributed by atoms with van der Waals surface area (Å²) in [5.74, 6) is -0.441. The van der Waals surface area contributed by atoms with E-state index >= 15 is 0 Å². The standard InChI is InChI=1S/C16H16BrFN4O/c17-13-2-3-15(18)12(9-13)1-4-16(23)21-7-5-14(6-8-21)22-11-19-10-20-22/h1-4,9-11,14H,5-8H2/b4-1+. The highest BCUT2D eigenvalue weighted by Crippen LogP contribution is 2.22. The van der Waals surface area contributed by atoms with E-state index in [-0.39, 0.29) is 17.8 Å². The maximum atomic E-state index is 13.7. The Labute approximate surface area is 141 Å². The van der Waals surface area contributed by atoms with Gasteiger partial charge in [0.05, 0.1) is 6.04 Å². The van der Waals surface area contributed by atoms with Gasteiger partial charge in [0.2, 0.25) is 5.91 Å². The monoisotopic (exact) mass is 378 g/mol. The summed E-state index contributed by atoms with van der Waals surface area (Å²) in [6.45, 7) is 1.32. The van der Waals surface area contributed by atoms with Crippen LogP contribution in [0.4, 0.5) is 4.39 Å². The van der Waals surface area contributed by atoms with E-state index in [0.29, 0.717) is 18.7 Å². The van der Waals surface area contributed by atoms with Crippen LogP contribution in [0.5, 0.6) is 0 Å². The minimum atomic E-state index is -0.345. The molecule has 1 fully saturated rings. The Bertz CT molecular complexity index is 709. The summed E-state index contributed by atoms with van der Waals surface area (Å²) >= 11 is 3.30. The molecule has 23 heavy (non-hydrogen) atoms. The van der Waals surface area contributed by atoms with Gasteiger partial charge in [-0.3, -0.25) is 4.79 Å². The molecule has 1 aliphatic rings. The summed E-state index contributed by atoms with van der Waals surface area (Å²) in [7, 11) is 0. The van der Waals surface area contributed by atoms with Gasteiger partial charge in [0.1, 0.15) is 18.5 Å². The summed E-state index contributed by atoms with van der Waals surface area (Å²) in [6, 6.07) is 4.94. The van der Waals surface area contributed by atoms with Gasteiger partial charge in [0.15, 0.2) is 0 Å². The molecule has 1 amide bonds. The second kappa shape index (κ2) is 7.04. The summed E-state index contributed by atoms with van der Waals surface area (Å²) in [4.78, 5) is 18.0. The lowest BCUT2D eigenvalue weighted by Crippen LogP contribution is -2.38. The van der Waals surface area contributed by atoms with Crippen molar-refractivity contribution in [3.8, 4) is 0 Å². The van der Waals surface area contributed by atoms with E-state index in [1.54, 1.807) is 23.4 Å². The van der Waals surface area contributed by atoms with Crippen molar-refractivity contribution in [2.24, 2.45) is 0 Å². The lowest BCUT2D eigenvalue weighted by molar-refractivity contribution is -0.127. The highest BCUT2D eigenvalue weighted by atomic mass is 79.9. The van der Waals surface area contributed by atoms with Crippen molar-refractivity contribution in [1.82, 2.24) is 19.7 Å². The molecular weight excluding hydrogens is 363 g/mol. The number of amides is 1. The molecule has 1 aliphatic heterocycles. The van der Waals surface area contributed by atoms with Crippen molar-refractivity contribution in [1.29, 1.82) is 0 Å². The number of aromatic nitrogens is 3. The van der Waals surface area contributed by atoms with Crippen molar-refractivity contribution in [3.05, 3.63) is 52.8 Å². The Morgan fingerprint density at radius 1 is 1.35 bits per heavy atom. The van der Waals surface area contributed by atoms with Gasteiger partial charge in [-0.15, -0.1) is 0 Å². The number of rotatable bonds is 3. The smallest absolute Gasteiger partial charge is 0.246 e. The molecule has 1 saturated heterocycles. The fourth-order valence-corrected chi connectivity index (χ4v) is 3.04. The number of halogens is 2. The Hall–Kier alpha value is -2.02. The number of benzene rings is 1. The van der Waals surface area contributed by atoms with E-state index in [2.05, 4.69) is 26.0 Å². The average molecular weight is 379 g/mol. The third kappa shape index (κ3) is 3.85. The molecular formula is C16H16BrFN4O. The molecule has 0 N–H and O–H groups in total. The summed E-state index contributed by atoms with van der Waals surface area (Å²) in [5, 5.41) is 4.15. The molecule has 1 aromatic carbocycles. The van der Waals surface area contributed by atoms with Crippen LogP contribution in [-0.4, -0.2) is 38.7 Å². The van der Waals surface area contributed by atoms with Gasteiger partial charge >= 0.3 is 0 Å². The van der Waals surface area contributed by atoms with Crippen LogP contribution in [0.15, 0.2) is 41.4 Å². The molecule has 2 heterocycles. The summed E-state index contributed by atoms with van der Waals surface area (Å²) in [5.41, 5.74) is 0.394. The first-order valence-electron chi connectivity index (χ1n) is 7.39. The molecule has 0 atom stereocenters. The molecule has 7 heteroatoms. The Morgan fingerprint density at radius 3 is 2.83 bits per heavy atom. The van der Waals surface area contributed by atoms with Crippen molar-refractivity contribution in [3.63, 3.8) is 0 Å². The highest BCUT2D eigenvalue weighted by Gasteiger charge is 2.22. The summed E-state index contributed by atoms with van der Waals surface area (Å²) in [6.07, 6.45) is 7.86. The molecule has 0 aliphatic carbocycles. The fraction of sp³-hybridized carbons (Fsp3) is 0.312. The predicted molar refractivity (Wildman–Crippen MR) is 88.0 cm³/mol. The maximum absolute atomic E-state index is 13.7. The fourth-order valence-electron chi connectivity index (χ4n) is 2.67. The average Bonchev–Trinajstić information content (AvgIpc) is 3.10. The van der Waals surface area contributed by atoms with E-state index in [0.717, 1.165) is 17.3 Å². The highest BCUT2D eigenvalue weighted by molar-refractivity contribution is 9.10. The molecule has 0 spiro atoms. The molecule has 0 saturated carbocycles. The van der Waals surface area contributed by atoms with E-state index < -0.39 is 0 Å². The van der Waals surface area contributed by atoms with E-state index in [1.807, 2.05) is 4.68 Å². The normalized spacial score (nSPS) is 16.2. The zero-order valence-corrected chi connectivity index (χ0v) is 14.0. The first-order valence-corrected chi connectivity index (χ1v) is 8.19. The van der Waals surface area contributed by atoms with Crippen LogP contribution < -0.4 is 0 Å². The second-order valence-corrected chi connectivity index (χ2v) is 6.35. The largest absolute Gasteiger partial charge is 0.339 e. The van der Waals surface area contributed by atoms with Gasteiger partial charge in [-0.2, -0.15) is 5.10 Å². The minimum absolute atomic E-state index is 0.0959. The number of piperidine rings is 1. The van der Waals surface area contributed by atoms with Crippen molar-refractivity contribution >= 4 is 27.9 Å². The Kier molecular flexibility index (Phi) is 4.85. The number of nitrogens with zero attached hydrogens (tertiary/aromatic N) is 4. The van der Waals surface area contributed by atoms with Gasteiger partial charge in [0, 0.05) is 29.2 Å². The first-order chi connectivity index (χ1) is 11.1. The van der Waals surface area contributed by atoms with Crippen LogP contribution in [-0.2, 0) is 4.79 Å². The van der Waals surface area contributed by atoms with Crippen LogP contribution in [0, 0.1) is 5.82 Å². The maximum Gasteiger partial charge on any atom is 0.246 e. The first kappa shape index (κ1) is 15.9. The Balaban J connectivity index is 1.59. The van der Waals surface area contributed by atoms with Crippen molar-refractivity contribution in [2.45, 2.75) is 18.9 Å². The van der Waals surface area contributed by atoms with Crippen LogP contribution in [0.3, 0.4) is 0 Å². The van der Waals surface area contributed by atoms with Gasteiger partial charge in [-0.25, -0.2) is 14.1 Å². The van der Waals surface area contributed by atoms with Gasteiger partial charge in [-0.1, -0.05) is 15.9 Å². The molecule has 1 aromatic heterocycles. The number of carbonyl (C=O) groups excluding carboxylic acids is 1. The lowest BCUT2D eigenvalue weighted by atomic mass is 10.1. The Morgan fingerprint density at radius 2 is 2.13 bits per heavy atom. The molecule has 5 nitrogen and oxygen atoms in total. The summed E-state index contributed by atoms with van der Waals surface area (Å²) < 4.78 is 16.3. The van der Waals surface area contributed by atoms with Crippen LogP contribution in [0.1, 0.15) is 24.4 Å². The topological polar surface area (TPSA) is 51.0 Å². The number of carbonyl (C=O) groups is 1. The van der Waals surface area contributed by atoms with Crippen LogP contribution in [0.25, 0.3) is 6.08 Å². The van der Waals surface area contributed by atoms with Gasteiger partial charge < -0.3 is 4.90 Å². The molecule has 0 unspecified atom stereocenters. The van der Waals surface area contributed by atoms with Crippen molar-refractivity contribution in [2.75, 3.05) is 13.1 Å². The van der Waals surface area contributed by atoms with Gasteiger partial charge in [-0.05, 0) is 37.1 Å². The molecule has 0 radical (unpaired) electrons. The SMILES string of the molecule is O=C(/C=C/c1cc(Br)ccc1F)N1CCC(n2cncn2)CC1. The third-order valence-corrected chi connectivity index (χ3v) is 4.44.